The second-order valence-corrected chi connectivity index (χ2v) is 9.75. The number of rotatable bonds is 7. The van der Waals surface area contributed by atoms with Gasteiger partial charge in [-0.25, -0.2) is 4.99 Å². The van der Waals surface area contributed by atoms with Gasteiger partial charge in [0.15, 0.2) is 11.5 Å². The van der Waals surface area contributed by atoms with Crippen molar-refractivity contribution in [2.45, 2.75) is 38.3 Å². The number of nitrogens with zero attached hydrogens (tertiary/aromatic N) is 3. The van der Waals surface area contributed by atoms with Crippen LogP contribution in [0.25, 0.3) is 11.1 Å². The van der Waals surface area contributed by atoms with Crippen molar-refractivity contribution in [1.82, 2.24) is 9.88 Å². The number of aliphatic imine (C=N–C) groups is 1. The van der Waals surface area contributed by atoms with Crippen molar-refractivity contribution in [1.29, 1.82) is 0 Å². The number of hydrogen-bond donors (Lipinski definition) is 1. The number of guanidine groups is 1. The molecule has 36 heavy (non-hydrogen) atoms. The molecular weight excluding hydrogens is 452 g/mol. The van der Waals surface area contributed by atoms with E-state index in [1.165, 1.54) is 0 Å². The Labute approximate surface area is 212 Å². The minimum atomic E-state index is -1.28. The van der Waals surface area contributed by atoms with E-state index in [0.717, 1.165) is 40.8 Å². The van der Waals surface area contributed by atoms with Crippen LogP contribution in [0.4, 0.5) is 0 Å². The van der Waals surface area contributed by atoms with Gasteiger partial charge in [-0.2, -0.15) is 0 Å². The Hall–Kier alpha value is -3.71. The van der Waals surface area contributed by atoms with Crippen LogP contribution in [0.5, 0.6) is 5.75 Å². The third kappa shape index (κ3) is 4.46. The van der Waals surface area contributed by atoms with E-state index in [1.54, 1.807) is 11.1 Å². The van der Waals surface area contributed by atoms with Crippen molar-refractivity contribution in [3.63, 3.8) is 0 Å². The molecule has 7 nitrogen and oxygen atoms in total. The summed E-state index contributed by atoms with van der Waals surface area (Å²) in [4.78, 5) is 25.2. The van der Waals surface area contributed by atoms with Crippen LogP contribution in [0.1, 0.15) is 37.8 Å². The topological polar surface area (TPSA) is 90.0 Å². The van der Waals surface area contributed by atoms with Crippen LogP contribution >= 0.6 is 0 Å². The first kappa shape index (κ1) is 24.0. The van der Waals surface area contributed by atoms with E-state index < -0.39 is 5.54 Å². The second kappa shape index (κ2) is 10.1. The molecule has 2 aliphatic rings. The van der Waals surface area contributed by atoms with Crippen molar-refractivity contribution >= 4 is 11.9 Å². The number of benzene rings is 2. The summed E-state index contributed by atoms with van der Waals surface area (Å²) in [6, 6.07) is 19.5. The summed E-state index contributed by atoms with van der Waals surface area (Å²) in [7, 11) is 0. The lowest BCUT2D eigenvalue weighted by Crippen LogP contribution is -2.50. The molecular formula is C29H32N4O3. The molecule has 1 fully saturated rings. The molecule has 0 radical (unpaired) electrons. The first-order chi connectivity index (χ1) is 17.5. The standard InChI is InChI=1S/C29H32N4O3/c1-20(2)19-36-26-10-8-23(9-11-26)29(24-7-3-5-21(17-24)22-6-4-14-31-18-22)27(34)33(28(30)32-29)25-12-15-35-16-13-25/h3-11,14,17-18,20,25H,12-13,15-16,19H2,1-2H3,(H2,30,32). The lowest BCUT2D eigenvalue weighted by molar-refractivity contribution is -0.133. The SMILES string of the molecule is CC(C)COc1ccc(C2(c3cccc(-c4cccnc4)c3)N=C(N)N(C3CCOCC3)C2=O)cc1. The van der Waals surface area contributed by atoms with Gasteiger partial charge in [0.25, 0.3) is 5.91 Å². The summed E-state index contributed by atoms with van der Waals surface area (Å²) in [5.41, 5.74) is 8.66. The highest BCUT2D eigenvalue weighted by Crippen LogP contribution is 2.42. The largest absolute Gasteiger partial charge is 0.493 e. The van der Waals surface area contributed by atoms with Crippen LogP contribution in [0.2, 0.25) is 0 Å². The monoisotopic (exact) mass is 484 g/mol. The minimum absolute atomic E-state index is 0.0352. The summed E-state index contributed by atoms with van der Waals surface area (Å²) in [6.45, 7) is 6.05. The number of amides is 1. The van der Waals surface area contributed by atoms with E-state index in [2.05, 4.69) is 18.8 Å². The Bertz CT molecular complexity index is 1240. The molecule has 2 aliphatic heterocycles. The predicted molar refractivity (Wildman–Crippen MR) is 140 cm³/mol. The zero-order valence-electron chi connectivity index (χ0n) is 20.8. The lowest BCUT2D eigenvalue weighted by Gasteiger charge is -2.33. The maximum atomic E-state index is 14.3. The van der Waals surface area contributed by atoms with Crippen LogP contribution < -0.4 is 10.5 Å². The normalized spacial score (nSPS) is 20.6. The van der Waals surface area contributed by atoms with Crippen LogP contribution in [-0.4, -0.2) is 47.6 Å². The van der Waals surface area contributed by atoms with Crippen molar-refractivity contribution in [2.24, 2.45) is 16.6 Å². The summed E-state index contributed by atoms with van der Waals surface area (Å²) in [6.07, 6.45) is 5.02. The van der Waals surface area contributed by atoms with E-state index in [-0.39, 0.29) is 17.9 Å². The molecule has 5 rings (SSSR count). The van der Waals surface area contributed by atoms with Crippen LogP contribution in [-0.2, 0) is 15.1 Å². The smallest absolute Gasteiger partial charge is 0.266 e. The van der Waals surface area contributed by atoms with E-state index >= 15 is 0 Å². The number of carbonyl (C=O) groups is 1. The molecule has 2 N–H and O–H groups in total. The van der Waals surface area contributed by atoms with E-state index in [0.29, 0.717) is 25.7 Å². The van der Waals surface area contributed by atoms with Gasteiger partial charge in [0.2, 0.25) is 0 Å². The summed E-state index contributed by atoms with van der Waals surface area (Å²) in [5.74, 6) is 1.29. The number of aromatic nitrogens is 1. The Morgan fingerprint density at radius 1 is 1.06 bits per heavy atom. The average molecular weight is 485 g/mol. The average Bonchev–Trinajstić information content (AvgIpc) is 3.19. The zero-order chi connectivity index (χ0) is 25.1. The van der Waals surface area contributed by atoms with Crippen molar-refractivity contribution in [3.8, 4) is 16.9 Å². The van der Waals surface area contributed by atoms with Gasteiger partial charge in [-0.15, -0.1) is 0 Å². The van der Waals surface area contributed by atoms with E-state index in [1.807, 2.05) is 66.9 Å². The second-order valence-electron chi connectivity index (χ2n) is 9.75. The quantitative estimate of drug-likeness (QED) is 0.538. The summed E-state index contributed by atoms with van der Waals surface area (Å²) in [5, 5.41) is 0. The highest BCUT2D eigenvalue weighted by atomic mass is 16.5. The van der Waals surface area contributed by atoms with Gasteiger partial charge in [-0.05, 0) is 65.3 Å². The summed E-state index contributed by atoms with van der Waals surface area (Å²) < 4.78 is 11.4. The van der Waals surface area contributed by atoms with Gasteiger partial charge < -0.3 is 15.2 Å². The Balaban J connectivity index is 1.60. The lowest BCUT2D eigenvalue weighted by atomic mass is 9.81. The predicted octanol–water partition coefficient (Wildman–Crippen LogP) is 4.36. The molecule has 0 aliphatic carbocycles. The van der Waals surface area contributed by atoms with Gasteiger partial charge >= 0.3 is 0 Å². The molecule has 1 unspecified atom stereocenters. The molecule has 2 aromatic carbocycles. The fourth-order valence-electron chi connectivity index (χ4n) is 4.90. The fraction of sp³-hybridized carbons (Fsp3) is 0.345. The van der Waals surface area contributed by atoms with Gasteiger partial charge in [0.05, 0.1) is 6.61 Å². The first-order valence-corrected chi connectivity index (χ1v) is 12.5. The molecule has 1 amide bonds. The number of hydrogen-bond acceptors (Lipinski definition) is 6. The molecule has 186 valence electrons. The molecule has 1 atom stereocenters. The minimum Gasteiger partial charge on any atom is -0.493 e. The van der Waals surface area contributed by atoms with E-state index in [4.69, 9.17) is 20.2 Å². The Morgan fingerprint density at radius 2 is 1.81 bits per heavy atom. The van der Waals surface area contributed by atoms with E-state index in [9.17, 15) is 4.79 Å². The highest BCUT2D eigenvalue weighted by molar-refractivity contribution is 6.09. The Morgan fingerprint density at radius 3 is 2.50 bits per heavy atom. The number of carbonyl (C=O) groups excluding carboxylic acids is 1. The molecule has 1 aromatic heterocycles. The van der Waals surface area contributed by atoms with Crippen molar-refractivity contribution in [3.05, 3.63) is 84.2 Å². The van der Waals surface area contributed by atoms with Gasteiger partial charge in [-0.3, -0.25) is 14.7 Å². The molecule has 0 bridgehead atoms. The number of pyridine rings is 1. The zero-order valence-corrected chi connectivity index (χ0v) is 20.8. The van der Waals surface area contributed by atoms with Crippen molar-refractivity contribution < 1.29 is 14.3 Å². The number of ether oxygens (including phenoxy) is 2. The van der Waals surface area contributed by atoms with Crippen LogP contribution in [0.15, 0.2) is 78.0 Å². The van der Waals surface area contributed by atoms with Crippen LogP contribution in [0.3, 0.4) is 0 Å². The maximum Gasteiger partial charge on any atom is 0.266 e. The van der Waals surface area contributed by atoms with Gasteiger partial charge in [0.1, 0.15) is 5.75 Å². The van der Waals surface area contributed by atoms with Gasteiger partial charge in [-0.1, -0.05) is 50.2 Å². The number of nitrogens with two attached hydrogens (primary N) is 1. The molecule has 0 spiro atoms. The first-order valence-electron chi connectivity index (χ1n) is 12.5. The third-order valence-corrected chi connectivity index (χ3v) is 6.74. The fourth-order valence-corrected chi connectivity index (χ4v) is 4.90. The highest BCUT2D eigenvalue weighted by Gasteiger charge is 2.52. The third-order valence-electron chi connectivity index (χ3n) is 6.74. The molecule has 0 saturated carbocycles. The Kier molecular flexibility index (Phi) is 6.74. The molecule has 3 aromatic rings. The molecule has 1 saturated heterocycles. The summed E-state index contributed by atoms with van der Waals surface area (Å²) >= 11 is 0. The van der Waals surface area contributed by atoms with Crippen molar-refractivity contribution in [2.75, 3.05) is 19.8 Å². The molecule has 3 heterocycles. The van der Waals surface area contributed by atoms with Gasteiger partial charge in [0, 0.05) is 31.6 Å². The maximum absolute atomic E-state index is 14.3. The molecule has 7 heteroatoms. The van der Waals surface area contributed by atoms with Crippen LogP contribution in [0, 0.1) is 5.92 Å².